The molecule has 1 saturated heterocycles. The third-order valence-corrected chi connectivity index (χ3v) is 3.02. The van der Waals surface area contributed by atoms with Gasteiger partial charge in [-0.15, -0.1) is 0 Å². The van der Waals surface area contributed by atoms with Crippen molar-refractivity contribution in [3.8, 4) is 0 Å². The number of amides is 1. The number of carboxylic acids is 1. The molecule has 6 nitrogen and oxygen atoms in total. The molecule has 1 aromatic carbocycles. The number of nitrogens with one attached hydrogen (secondary N) is 1. The Hall–Kier alpha value is -2.15. The zero-order valence-corrected chi connectivity index (χ0v) is 10.8. The van der Waals surface area contributed by atoms with E-state index in [0.29, 0.717) is 5.69 Å². The molecule has 0 bridgehead atoms. The summed E-state index contributed by atoms with van der Waals surface area (Å²) in [5.74, 6) is -1.76. The predicted octanol–water partition coefficient (Wildman–Crippen LogP) is 0.780. The van der Waals surface area contributed by atoms with Gasteiger partial charge in [0, 0.05) is 24.3 Å². The highest BCUT2D eigenvalue weighted by Crippen LogP contribution is 2.26. The molecule has 1 fully saturated rings. The average molecular weight is 279 g/mol. The van der Waals surface area contributed by atoms with E-state index in [4.69, 9.17) is 23.1 Å². The second kappa shape index (κ2) is 5.23. The molecule has 1 unspecified atom stereocenters. The Balaban J connectivity index is 2.12. The fraction of sp³-hybridized carbons (Fsp3) is 0.250. The number of thiocarbonyl (C=S) groups is 1. The Labute approximate surface area is 115 Å². The number of nitrogens with two attached hydrogens (primary N) is 1. The molecule has 0 radical (unpaired) electrons. The lowest BCUT2D eigenvalue weighted by Crippen LogP contribution is -2.25. The van der Waals surface area contributed by atoms with Gasteiger partial charge in [0.1, 0.15) is 0 Å². The van der Waals surface area contributed by atoms with E-state index in [1.807, 2.05) is 0 Å². The molecule has 1 atom stereocenters. The van der Waals surface area contributed by atoms with E-state index in [-0.39, 0.29) is 24.0 Å². The summed E-state index contributed by atoms with van der Waals surface area (Å²) in [5, 5.41) is 11.9. The molecule has 19 heavy (non-hydrogen) atoms. The van der Waals surface area contributed by atoms with Crippen LogP contribution in [0, 0.1) is 5.92 Å². The van der Waals surface area contributed by atoms with Crippen LogP contribution in [0.5, 0.6) is 0 Å². The van der Waals surface area contributed by atoms with Gasteiger partial charge in [0.2, 0.25) is 5.91 Å². The van der Waals surface area contributed by atoms with Crippen LogP contribution in [-0.2, 0) is 9.59 Å². The van der Waals surface area contributed by atoms with Crippen LogP contribution in [-0.4, -0.2) is 28.6 Å². The van der Waals surface area contributed by atoms with Crippen LogP contribution >= 0.6 is 12.2 Å². The summed E-state index contributed by atoms with van der Waals surface area (Å²) < 4.78 is 0. The van der Waals surface area contributed by atoms with E-state index in [9.17, 15) is 9.59 Å². The summed E-state index contributed by atoms with van der Waals surface area (Å²) in [5.41, 5.74) is 6.74. The van der Waals surface area contributed by atoms with Crippen molar-refractivity contribution in [2.24, 2.45) is 11.7 Å². The molecule has 100 valence electrons. The van der Waals surface area contributed by atoms with E-state index >= 15 is 0 Å². The van der Waals surface area contributed by atoms with E-state index in [0.717, 1.165) is 5.69 Å². The van der Waals surface area contributed by atoms with Gasteiger partial charge in [-0.05, 0) is 36.5 Å². The van der Waals surface area contributed by atoms with Crippen molar-refractivity contribution in [2.75, 3.05) is 16.8 Å². The topological polar surface area (TPSA) is 95.7 Å². The van der Waals surface area contributed by atoms with Crippen molar-refractivity contribution in [1.29, 1.82) is 0 Å². The Bertz CT molecular complexity index is 530. The van der Waals surface area contributed by atoms with Crippen LogP contribution in [0.1, 0.15) is 6.42 Å². The standard InChI is InChI=1S/C12H13N3O3S/c13-12(19)14-8-1-3-9(4-2-8)15-6-7(11(17)18)5-10(15)16/h1-4,7H,5-6H2,(H,17,18)(H3,13,14,19). The van der Waals surface area contributed by atoms with Gasteiger partial charge in [0.15, 0.2) is 5.11 Å². The summed E-state index contributed by atoms with van der Waals surface area (Å²) in [6.45, 7) is 0.205. The number of nitrogens with zero attached hydrogens (tertiary/aromatic N) is 1. The lowest BCUT2D eigenvalue weighted by molar-refractivity contribution is -0.141. The maximum absolute atomic E-state index is 11.8. The quantitative estimate of drug-likeness (QED) is 0.708. The van der Waals surface area contributed by atoms with Crippen molar-refractivity contribution < 1.29 is 14.7 Å². The first-order chi connectivity index (χ1) is 8.97. The van der Waals surface area contributed by atoms with Gasteiger partial charge in [-0.2, -0.15) is 0 Å². The van der Waals surface area contributed by atoms with Crippen LogP contribution in [0.15, 0.2) is 24.3 Å². The minimum absolute atomic E-state index is 0.0439. The summed E-state index contributed by atoms with van der Waals surface area (Å²) in [6.07, 6.45) is 0.0439. The normalized spacial score (nSPS) is 18.4. The fourth-order valence-electron chi connectivity index (χ4n) is 1.99. The van der Waals surface area contributed by atoms with Crippen molar-refractivity contribution in [3.63, 3.8) is 0 Å². The van der Waals surface area contributed by atoms with Gasteiger partial charge in [0.25, 0.3) is 0 Å². The maximum Gasteiger partial charge on any atom is 0.308 e. The van der Waals surface area contributed by atoms with Crippen molar-refractivity contribution in [1.82, 2.24) is 0 Å². The predicted molar refractivity (Wildman–Crippen MR) is 74.9 cm³/mol. The lowest BCUT2D eigenvalue weighted by atomic mass is 10.1. The van der Waals surface area contributed by atoms with Crippen LogP contribution in [0.3, 0.4) is 0 Å². The Morgan fingerprint density at radius 1 is 1.42 bits per heavy atom. The minimum atomic E-state index is -0.942. The Morgan fingerprint density at radius 3 is 2.53 bits per heavy atom. The Kier molecular flexibility index (Phi) is 3.66. The van der Waals surface area contributed by atoms with Crippen LogP contribution in [0.2, 0.25) is 0 Å². The molecule has 1 amide bonds. The number of anilines is 2. The first-order valence-electron chi connectivity index (χ1n) is 5.67. The number of carbonyl (C=O) groups is 2. The van der Waals surface area contributed by atoms with Gasteiger partial charge in [-0.1, -0.05) is 0 Å². The van der Waals surface area contributed by atoms with Gasteiger partial charge in [0.05, 0.1) is 5.92 Å². The highest BCUT2D eigenvalue weighted by molar-refractivity contribution is 7.80. The van der Waals surface area contributed by atoms with Gasteiger partial charge in [-0.25, -0.2) is 0 Å². The molecule has 4 N–H and O–H groups in total. The molecule has 1 aliphatic heterocycles. The zero-order valence-electron chi connectivity index (χ0n) is 10.00. The SMILES string of the molecule is NC(=S)Nc1ccc(N2CC(C(=O)O)CC2=O)cc1. The molecule has 0 aromatic heterocycles. The summed E-state index contributed by atoms with van der Waals surface area (Å²) in [7, 11) is 0. The summed E-state index contributed by atoms with van der Waals surface area (Å²) in [4.78, 5) is 24.1. The van der Waals surface area contributed by atoms with Crippen LogP contribution in [0.25, 0.3) is 0 Å². The van der Waals surface area contributed by atoms with E-state index in [1.54, 1.807) is 24.3 Å². The second-order valence-electron chi connectivity index (χ2n) is 4.28. The molecule has 0 spiro atoms. The number of rotatable bonds is 3. The van der Waals surface area contributed by atoms with Gasteiger partial charge in [-0.3, -0.25) is 9.59 Å². The van der Waals surface area contributed by atoms with Crippen molar-refractivity contribution in [2.45, 2.75) is 6.42 Å². The van der Waals surface area contributed by atoms with Crippen LogP contribution < -0.4 is 16.0 Å². The van der Waals surface area contributed by atoms with Gasteiger partial charge >= 0.3 is 5.97 Å². The number of carboxylic acid groups (broad SMARTS) is 1. The van der Waals surface area contributed by atoms with Crippen molar-refractivity contribution >= 4 is 40.6 Å². The molecular formula is C12H13N3O3S. The van der Waals surface area contributed by atoms with E-state index < -0.39 is 11.9 Å². The highest BCUT2D eigenvalue weighted by Gasteiger charge is 2.34. The molecule has 0 aliphatic carbocycles. The average Bonchev–Trinajstić information content (AvgIpc) is 2.72. The minimum Gasteiger partial charge on any atom is -0.481 e. The first kappa shape index (κ1) is 13.3. The number of hydrogen-bond acceptors (Lipinski definition) is 3. The number of carbonyl (C=O) groups excluding carboxylic acids is 1. The lowest BCUT2D eigenvalue weighted by Gasteiger charge is -2.16. The van der Waals surface area contributed by atoms with E-state index in [2.05, 4.69) is 5.32 Å². The second-order valence-corrected chi connectivity index (χ2v) is 4.72. The zero-order chi connectivity index (χ0) is 14.0. The summed E-state index contributed by atoms with van der Waals surface area (Å²) >= 11 is 4.72. The smallest absolute Gasteiger partial charge is 0.308 e. The van der Waals surface area contributed by atoms with E-state index in [1.165, 1.54) is 4.90 Å². The van der Waals surface area contributed by atoms with Crippen LogP contribution in [0.4, 0.5) is 11.4 Å². The molecule has 0 saturated carbocycles. The maximum atomic E-state index is 11.8. The van der Waals surface area contributed by atoms with Crippen molar-refractivity contribution in [3.05, 3.63) is 24.3 Å². The third-order valence-electron chi connectivity index (χ3n) is 2.92. The molecule has 7 heteroatoms. The third kappa shape index (κ3) is 3.00. The highest BCUT2D eigenvalue weighted by atomic mass is 32.1. The molecule has 1 aliphatic rings. The first-order valence-corrected chi connectivity index (χ1v) is 6.08. The van der Waals surface area contributed by atoms with Gasteiger partial charge < -0.3 is 21.1 Å². The molecule has 1 aromatic rings. The monoisotopic (exact) mass is 279 g/mol. The molecular weight excluding hydrogens is 266 g/mol. The fourth-order valence-corrected chi connectivity index (χ4v) is 2.11. The Morgan fingerprint density at radius 2 is 2.05 bits per heavy atom. The molecule has 2 rings (SSSR count). The molecule has 1 heterocycles. The number of benzene rings is 1. The number of aliphatic carboxylic acids is 1. The summed E-state index contributed by atoms with van der Waals surface area (Å²) in [6, 6.07) is 6.91. The largest absolute Gasteiger partial charge is 0.481 e. The number of hydrogen-bond donors (Lipinski definition) is 3.